The molecule has 0 aliphatic heterocycles. The first-order valence-corrected chi connectivity index (χ1v) is 9.88. The van der Waals surface area contributed by atoms with E-state index in [1.54, 1.807) is 14.2 Å². The van der Waals surface area contributed by atoms with Crippen LogP contribution < -0.4 is 14.8 Å². The van der Waals surface area contributed by atoms with E-state index in [1.165, 1.54) is 0 Å². The molecule has 0 radical (unpaired) electrons. The highest BCUT2D eigenvalue weighted by atomic mass is 16.5. The van der Waals surface area contributed by atoms with Crippen molar-refractivity contribution in [1.82, 2.24) is 9.97 Å². The molecule has 2 N–H and O–H groups in total. The van der Waals surface area contributed by atoms with Crippen LogP contribution in [0.15, 0.2) is 42.5 Å². The van der Waals surface area contributed by atoms with Gasteiger partial charge in [-0.05, 0) is 24.0 Å². The summed E-state index contributed by atoms with van der Waals surface area (Å²) < 4.78 is 10.9. The van der Waals surface area contributed by atoms with E-state index < -0.39 is 0 Å². The second-order valence-corrected chi connectivity index (χ2v) is 7.52. The number of fused-ring (bicyclic) bond motifs is 1. The Balaban J connectivity index is 2.02. The Bertz CT molecular complexity index is 945. The Labute approximate surface area is 171 Å². The Hall–Kier alpha value is -2.86. The van der Waals surface area contributed by atoms with E-state index >= 15 is 0 Å². The highest BCUT2D eigenvalue weighted by Gasteiger charge is 2.17. The largest absolute Gasteiger partial charge is 0.493 e. The number of aliphatic hydroxyl groups is 1. The molecule has 2 aromatic carbocycles. The van der Waals surface area contributed by atoms with Crippen molar-refractivity contribution in [2.45, 2.75) is 32.7 Å². The number of aliphatic hydroxyl groups excluding tert-OH is 1. The molecule has 0 aliphatic rings. The Morgan fingerprint density at radius 1 is 0.966 bits per heavy atom. The molecule has 3 rings (SSSR count). The van der Waals surface area contributed by atoms with Crippen molar-refractivity contribution in [2.24, 2.45) is 5.92 Å². The number of nitrogens with one attached hydrogen (secondary N) is 1. The van der Waals surface area contributed by atoms with Gasteiger partial charge in [0.15, 0.2) is 11.5 Å². The van der Waals surface area contributed by atoms with Crippen molar-refractivity contribution in [3.63, 3.8) is 0 Å². The molecule has 0 aliphatic carbocycles. The van der Waals surface area contributed by atoms with E-state index in [0.29, 0.717) is 29.7 Å². The van der Waals surface area contributed by atoms with Gasteiger partial charge in [0.25, 0.3) is 0 Å². The van der Waals surface area contributed by atoms with Crippen LogP contribution in [0.2, 0.25) is 0 Å². The topological polar surface area (TPSA) is 76.5 Å². The standard InChI is InChI=1S/C23H29N3O3/c1-15(2)10-22-25-19-13-21(29-4)20(28-3)12-18(19)23(26-22)24-17(14-27)11-16-8-6-5-7-9-16/h5-9,12-13,15,17,27H,10-11,14H2,1-4H3,(H,24,25,26)/t17-/m0/s1. The fraction of sp³-hybridized carbons (Fsp3) is 0.391. The molecule has 0 bridgehead atoms. The monoisotopic (exact) mass is 395 g/mol. The molecule has 0 saturated heterocycles. The summed E-state index contributed by atoms with van der Waals surface area (Å²) >= 11 is 0. The number of benzene rings is 2. The van der Waals surface area contributed by atoms with E-state index in [9.17, 15) is 5.11 Å². The number of hydrogen-bond donors (Lipinski definition) is 2. The molecule has 29 heavy (non-hydrogen) atoms. The summed E-state index contributed by atoms with van der Waals surface area (Å²) in [5, 5.41) is 14.2. The number of rotatable bonds is 9. The van der Waals surface area contributed by atoms with Gasteiger partial charge in [0, 0.05) is 17.9 Å². The van der Waals surface area contributed by atoms with E-state index in [1.807, 2.05) is 30.3 Å². The first kappa shape index (κ1) is 20.9. The second kappa shape index (κ2) is 9.56. The molecule has 0 unspecified atom stereocenters. The van der Waals surface area contributed by atoms with E-state index in [0.717, 1.165) is 28.7 Å². The third kappa shape index (κ3) is 5.15. The lowest BCUT2D eigenvalue weighted by Gasteiger charge is -2.20. The predicted molar refractivity (Wildman–Crippen MR) is 116 cm³/mol. The zero-order valence-electron chi connectivity index (χ0n) is 17.5. The van der Waals surface area contributed by atoms with Gasteiger partial charge in [0.1, 0.15) is 11.6 Å². The van der Waals surface area contributed by atoms with Gasteiger partial charge < -0.3 is 19.9 Å². The van der Waals surface area contributed by atoms with Gasteiger partial charge in [-0.15, -0.1) is 0 Å². The van der Waals surface area contributed by atoms with Gasteiger partial charge >= 0.3 is 0 Å². The zero-order chi connectivity index (χ0) is 20.8. The second-order valence-electron chi connectivity index (χ2n) is 7.52. The highest BCUT2D eigenvalue weighted by molar-refractivity contribution is 5.92. The van der Waals surface area contributed by atoms with Crippen LogP contribution in [0.4, 0.5) is 5.82 Å². The molecule has 3 aromatic rings. The van der Waals surface area contributed by atoms with Crippen molar-refractivity contribution in [2.75, 3.05) is 26.1 Å². The van der Waals surface area contributed by atoms with Crippen molar-refractivity contribution >= 4 is 16.7 Å². The van der Waals surface area contributed by atoms with Crippen molar-refractivity contribution in [1.29, 1.82) is 0 Å². The minimum Gasteiger partial charge on any atom is -0.493 e. The molecule has 0 saturated carbocycles. The Morgan fingerprint density at radius 2 is 1.66 bits per heavy atom. The molecule has 0 fully saturated rings. The molecule has 154 valence electrons. The maximum Gasteiger partial charge on any atom is 0.162 e. The highest BCUT2D eigenvalue weighted by Crippen LogP contribution is 2.34. The number of nitrogens with zero attached hydrogens (tertiary/aromatic N) is 2. The molecule has 1 atom stereocenters. The number of hydrogen-bond acceptors (Lipinski definition) is 6. The average molecular weight is 396 g/mol. The minimum atomic E-state index is -0.171. The predicted octanol–water partition coefficient (Wildman–Crippen LogP) is 3.86. The lowest BCUT2D eigenvalue weighted by molar-refractivity contribution is 0.273. The maximum atomic E-state index is 9.97. The summed E-state index contributed by atoms with van der Waals surface area (Å²) in [6.07, 6.45) is 1.46. The lowest BCUT2D eigenvalue weighted by Crippen LogP contribution is -2.27. The summed E-state index contributed by atoms with van der Waals surface area (Å²) in [6.45, 7) is 4.27. The number of ether oxygens (including phenoxy) is 2. The van der Waals surface area contributed by atoms with Crippen LogP contribution in [0.3, 0.4) is 0 Å². The molecule has 0 amide bonds. The number of anilines is 1. The van der Waals surface area contributed by atoms with Crippen molar-refractivity contribution in [3.05, 3.63) is 53.9 Å². The third-order valence-electron chi connectivity index (χ3n) is 4.72. The summed E-state index contributed by atoms with van der Waals surface area (Å²) in [5.74, 6) is 3.13. The molecular weight excluding hydrogens is 366 g/mol. The SMILES string of the molecule is COc1cc2nc(CC(C)C)nc(N[C@H](CO)Cc3ccccc3)c2cc1OC. The molecule has 1 aromatic heterocycles. The van der Waals surface area contributed by atoms with Gasteiger partial charge in [-0.1, -0.05) is 44.2 Å². The fourth-order valence-corrected chi connectivity index (χ4v) is 3.32. The normalized spacial score (nSPS) is 12.2. The van der Waals surface area contributed by atoms with Crippen LogP contribution in [0.5, 0.6) is 11.5 Å². The fourth-order valence-electron chi connectivity index (χ4n) is 3.32. The summed E-state index contributed by atoms with van der Waals surface area (Å²) in [4.78, 5) is 9.50. The summed E-state index contributed by atoms with van der Waals surface area (Å²) in [5.41, 5.74) is 1.94. The average Bonchev–Trinajstić information content (AvgIpc) is 2.72. The maximum absolute atomic E-state index is 9.97. The quantitative estimate of drug-likeness (QED) is 0.573. The van der Waals surface area contributed by atoms with Gasteiger partial charge in [-0.25, -0.2) is 9.97 Å². The first-order valence-electron chi connectivity index (χ1n) is 9.88. The van der Waals surface area contributed by atoms with Gasteiger partial charge in [0.2, 0.25) is 0 Å². The van der Waals surface area contributed by atoms with Crippen LogP contribution in [0.1, 0.15) is 25.2 Å². The van der Waals surface area contributed by atoms with Gasteiger partial charge in [-0.3, -0.25) is 0 Å². The van der Waals surface area contributed by atoms with E-state index in [2.05, 4.69) is 31.3 Å². The van der Waals surface area contributed by atoms with Gasteiger partial charge in [-0.2, -0.15) is 0 Å². The van der Waals surface area contributed by atoms with E-state index in [-0.39, 0.29) is 12.6 Å². The zero-order valence-corrected chi connectivity index (χ0v) is 17.5. The number of aromatic nitrogens is 2. The third-order valence-corrected chi connectivity index (χ3v) is 4.72. The first-order chi connectivity index (χ1) is 14.0. The Kier molecular flexibility index (Phi) is 6.88. The van der Waals surface area contributed by atoms with Crippen LogP contribution >= 0.6 is 0 Å². The molecule has 0 spiro atoms. The van der Waals surface area contributed by atoms with Crippen molar-refractivity contribution < 1.29 is 14.6 Å². The number of methoxy groups -OCH3 is 2. The molecule has 1 heterocycles. The summed E-state index contributed by atoms with van der Waals surface area (Å²) in [7, 11) is 3.22. The summed E-state index contributed by atoms with van der Waals surface area (Å²) in [6, 6.07) is 13.7. The van der Waals surface area contributed by atoms with Gasteiger partial charge in [0.05, 0.1) is 32.4 Å². The van der Waals surface area contributed by atoms with Crippen LogP contribution in [-0.2, 0) is 12.8 Å². The van der Waals surface area contributed by atoms with Crippen LogP contribution in [-0.4, -0.2) is 41.9 Å². The molecule has 6 heteroatoms. The van der Waals surface area contributed by atoms with Crippen LogP contribution in [0.25, 0.3) is 10.9 Å². The minimum absolute atomic E-state index is 0.00675. The Morgan fingerprint density at radius 3 is 2.28 bits per heavy atom. The smallest absolute Gasteiger partial charge is 0.162 e. The van der Waals surface area contributed by atoms with Crippen LogP contribution in [0, 0.1) is 5.92 Å². The van der Waals surface area contributed by atoms with Crippen molar-refractivity contribution in [3.8, 4) is 11.5 Å². The van der Waals surface area contributed by atoms with E-state index in [4.69, 9.17) is 19.4 Å². The molecular formula is C23H29N3O3. The lowest BCUT2D eigenvalue weighted by atomic mass is 10.1. The molecule has 6 nitrogen and oxygen atoms in total.